The Bertz CT molecular complexity index is 668. The van der Waals surface area contributed by atoms with Gasteiger partial charge in [0.05, 0.1) is 5.56 Å². The molecular weight excluding hydrogens is 335 g/mol. The molecule has 0 unspecified atom stereocenters. The van der Waals surface area contributed by atoms with Crippen LogP contribution in [0.4, 0.5) is 13.2 Å². The normalized spacial score (nSPS) is 11.4. The van der Waals surface area contributed by atoms with Crippen LogP contribution in [0.15, 0.2) is 46.9 Å². The van der Waals surface area contributed by atoms with Gasteiger partial charge in [-0.2, -0.15) is 13.2 Å². The molecule has 0 atom stereocenters. The van der Waals surface area contributed by atoms with Gasteiger partial charge in [0.1, 0.15) is 0 Å². The summed E-state index contributed by atoms with van der Waals surface area (Å²) in [5, 5.41) is 0. The van der Waals surface area contributed by atoms with Crippen molar-refractivity contribution in [1.82, 2.24) is 0 Å². The van der Waals surface area contributed by atoms with E-state index in [2.05, 4.69) is 15.9 Å². The number of hydrogen-bond donors (Lipinski definition) is 1. The van der Waals surface area contributed by atoms with Crippen molar-refractivity contribution < 1.29 is 18.0 Å². The predicted molar refractivity (Wildman–Crippen MR) is 73.1 cm³/mol. The number of carbonyl (C=O) groups excluding carboxylic acids is 1. The van der Waals surface area contributed by atoms with Gasteiger partial charge in [-0.3, -0.25) is 4.79 Å². The molecule has 104 valence electrons. The molecule has 2 rings (SSSR count). The minimum atomic E-state index is -4.48. The van der Waals surface area contributed by atoms with Gasteiger partial charge in [0.15, 0.2) is 0 Å². The van der Waals surface area contributed by atoms with Crippen LogP contribution in [0.25, 0.3) is 11.1 Å². The first-order valence-corrected chi connectivity index (χ1v) is 6.36. The van der Waals surface area contributed by atoms with Crippen molar-refractivity contribution >= 4 is 21.8 Å². The molecule has 0 aliphatic carbocycles. The maximum atomic E-state index is 12.9. The Morgan fingerprint density at radius 1 is 1.10 bits per heavy atom. The van der Waals surface area contributed by atoms with E-state index >= 15 is 0 Å². The maximum Gasteiger partial charge on any atom is 0.417 e. The smallest absolute Gasteiger partial charge is 0.366 e. The van der Waals surface area contributed by atoms with Gasteiger partial charge in [0.2, 0.25) is 5.91 Å². The lowest BCUT2D eigenvalue weighted by Crippen LogP contribution is -2.12. The SMILES string of the molecule is NC(=O)c1ccccc1-c1ccc(Br)c(C(F)(F)F)c1. The van der Waals surface area contributed by atoms with Crippen molar-refractivity contribution in [2.75, 3.05) is 0 Å². The van der Waals surface area contributed by atoms with E-state index in [4.69, 9.17) is 5.73 Å². The lowest BCUT2D eigenvalue weighted by Gasteiger charge is -2.12. The minimum absolute atomic E-state index is 0.0506. The fourth-order valence-electron chi connectivity index (χ4n) is 1.86. The Morgan fingerprint density at radius 3 is 2.35 bits per heavy atom. The summed E-state index contributed by atoms with van der Waals surface area (Å²) in [4.78, 5) is 11.3. The summed E-state index contributed by atoms with van der Waals surface area (Å²) in [5.41, 5.74) is 5.28. The van der Waals surface area contributed by atoms with Crippen molar-refractivity contribution in [1.29, 1.82) is 0 Å². The lowest BCUT2D eigenvalue weighted by atomic mass is 9.97. The molecule has 0 saturated carbocycles. The van der Waals surface area contributed by atoms with E-state index in [1.165, 1.54) is 18.2 Å². The highest BCUT2D eigenvalue weighted by Crippen LogP contribution is 2.37. The number of benzene rings is 2. The Kier molecular flexibility index (Phi) is 3.85. The van der Waals surface area contributed by atoms with Gasteiger partial charge < -0.3 is 5.73 Å². The molecule has 2 aromatic carbocycles. The number of carbonyl (C=O) groups is 1. The van der Waals surface area contributed by atoms with Crippen LogP contribution < -0.4 is 5.73 Å². The summed E-state index contributed by atoms with van der Waals surface area (Å²) in [7, 11) is 0. The van der Waals surface area contributed by atoms with E-state index in [1.807, 2.05) is 0 Å². The molecule has 2 aromatic rings. The Balaban J connectivity index is 2.63. The van der Waals surface area contributed by atoms with E-state index in [0.29, 0.717) is 5.56 Å². The number of amides is 1. The van der Waals surface area contributed by atoms with Crippen LogP contribution in [0.3, 0.4) is 0 Å². The summed E-state index contributed by atoms with van der Waals surface area (Å²) in [6.45, 7) is 0. The molecule has 0 bridgehead atoms. The van der Waals surface area contributed by atoms with Gasteiger partial charge in [-0.05, 0) is 29.3 Å². The molecular formula is C14H9BrF3NO. The fourth-order valence-corrected chi connectivity index (χ4v) is 2.33. The zero-order valence-corrected chi connectivity index (χ0v) is 11.6. The summed E-state index contributed by atoms with van der Waals surface area (Å²) in [6, 6.07) is 10.1. The highest BCUT2D eigenvalue weighted by Gasteiger charge is 2.33. The van der Waals surface area contributed by atoms with Crippen LogP contribution in [0.2, 0.25) is 0 Å². The number of nitrogens with two attached hydrogens (primary N) is 1. The van der Waals surface area contributed by atoms with E-state index in [9.17, 15) is 18.0 Å². The monoisotopic (exact) mass is 343 g/mol. The summed E-state index contributed by atoms with van der Waals surface area (Å²) in [5.74, 6) is -0.683. The van der Waals surface area contributed by atoms with Gasteiger partial charge in [-0.1, -0.05) is 40.2 Å². The molecule has 6 heteroatoms. The topological polar surface area (TPSA) is 43.1 Å². The molecule has 0 saturated heterocycles. The van der Waals surface area contributed by atoms with E-state index in [0.717, 1.165) is 6.07 Å². The maximum absolute atomic E-state index is 12.9. The van der Waals surface area contributed by atoms with Crippen LogP contribution in [0, 0.1) is 0 Å². The average molecular weight is 344 g/mol. The number of hydrogen-bond acceptors (Lipinski definition) is 1. The summed E-state index contributed by atoms with van der Waals surface area (Å²) >= 11 is 2.87. The van der Waals surface area contributed by atoms with Gasteiger partial charge in [0.25, 0.3) is 0 Å². The molecule has 0 aromatic heterocycles. The highest BCUT2D eigenvalue weighted by atomic mass is 79.9. The highest BCUT2D eigenvalue weighted by molar-refractivity contribution is 9.10. The Morgan fingerprint density at radius 2 is 1.75 bits per heavy atom. The molecule has 0 fully saturated rings. The molecule has 0 radical (unpaired) electrons. The molecule has 0 aliphatic heterocycles. The minimum Gasteiger partial charge on any atom is -0.366 e. The molecule has 2 nitrogen and oxygen atoms in total. The second kappa shape index (κ2) is 5.28. The van der Waals surface area contributed by atoms with Crippen molar-refractivity contribution in [2.45, 2.75) is 6.18 Å². The van der Waals surface area contributed by atoms with Crippen LogP contribution >= 0.6 is 15.9 Å². The summed E-state index contributed by atoms with van der Waals surface area (Å²) in [6.07, 6.45) is -4.48. The van der Waals surface area contributed by atoms with Crippen molar-refractivity contribution in [3.63, 3.8) is 0 Å². The molecule has 2 N–H and O–H groups in total. The number of alkyl halides is 3. The van der Waals surface area contributed by atoms with Gasteiger partial charge in [0, 0.05) is 10.0 Å². The third kappa shape index (κ3) is 2.85. The van der Waals surface area contributed by atoms with Crippen molar-refractivity contribution in [3.05, 3.63) is 58.1 Å². The second-order valence-electron chi connectivity index (χ2n) is 4.10. The van der Waals surface area contributed by atoms with Gasteiger partial charge in [-0.25, -0.2) is 0 Å². The third-order valence-corrected chi connectivity index (χ3v) is 3.47. The third-order valence-electron chi connectivity index (χ3n) is 2.78. The quantitative estimate of drug-likeness (QED) is 0.870. The lowest BCUT2D eigenvalue weighted by molar-refractivity contribution is -0.138. The Labute approximate surface area is 121 Å². The van der Waals surface area contributed by atoms with Crippen molar-refractivity contribution in [3.8, 4) is 11.1 Å². The fraction of sp³-hybridized carbons (Fsp3) is 0.0714. The van der Waals surface area contributed by atoms with Crippen LogP contribution in [-0.2, 0) is 6.18 Å². The zero-order chi connectivity index (χ0) is 14.9. The standard InChI is InChI=1S/C14H9BrF3NO/c15-12-6-5-8(7-11(12)14(16,17)18)9-3-1-2-4-10(9)13(19)20/h1-7H,(H2,19,20). The Hall–Kier alpha value is -1.82. The largest absolute Gasteiger partial charge is 0.417 e. The van der Waals surface area contributed by atoms with E-state index < -0.39 is 17.6 Å². The first-order chi connectivity index (χ1) is 9.30. The molecule has 1 amide bonds. The number of rotatable bonds is 2. The molecule has 20 heavy (non-hydrogen) atoms. The molecule has 0 spiro atoms. The number of halogens is 4. The second-order valence-corrected chi connectivity index (χ2v) is 4.96. The predicted octanol–water partition coefficient (Wildman–Crippen LogP) is 4.23. The van der Waals surface area contributed by atoms with Crippen molar-refractivity contribution in [2.24, 2.45) is 5.73 Å². The van der Waals surface area contributed by atoms with Crippen LogP contribution in [-0.4, -0.2) is 5.91 Å². The molecule has 0 heterocycles. The number of primary amides is 1. The van der Waals surface area contributed by atoms with Crippen LogP contribution in [0.1, 0.15) is 15.9 Å². The van der Waals surface area contributed by atoms with Crippen LogP contribution in [0.5, 0.6) is 0 Å². The first kappa shape index (κ1) is 14.6. The average Bonchev–Trinajstić information content (AvgIpc) is 2.38. The van der Waals surface area contributed by atoms with Gasteiger partial charge in [-0.15, -0.1) is 0 Å². The molecule has 0 aliphatic rings. The first-order valence-electron chi connectivity index (χ1n) is 5.56. The van der Waals surface area contributed by atoms with E-state index in [1.54, 1.807) is 18.2 Å². The van der Waals surface area contributed by atoms with E-state index in [-0.39, 0.29) is 15.6 Å². The van der Waals surface area contributed by atoms with Gasteiger partial charge >= 0.3 is 6.18 Å². The summed E-state index contributed by atoms with van der Waals surface area (Å²) < 4.78 is 38.6. The zero-order valence-electron chi connectivity index (χ0n) is 10.0.